The van der Waals surface area contributed by atoms with Crippen LogP contribution in [-0.2, 0) is 9.53 Å². The van der Waals surface area contributed by atoms with Crippen molar-refractivity contribution < 1.29 is 23.9 Å². The monoisotopic (exact) mass is 377 g/mol. The molecule has 2 rings (SSSR count). The van der Waals surface area contributed by atoms with Gasteiger partial charge in [-0.1, -0.05) is 23.7 Å². The maximum Gasteiger partial charge on any atom is 0.344 e. The van der Waals surface area contributed by atoms with Crippen LogP contribution in [0.4, 0.5) is 0 Å². The number of hydrogen-bond donors (Lipinski definition) is 1. The van der Waals surface area contributed by atoms with Gasteiger partial charge in [0.2, 0.25) is 5.78 Å². The number of H-pyrrole nitrogens is 1. The lowest BCUT2D eigenvalue weighted by Crippen LogP contribution is -2.28. The van der Waals surface area contributed by atoms with Gasteiger partial charge >= 0.3 is 5.97 Å². The van der Waals surface area contributed by atoms with Crippen molar-refractivity contribution in [1.29, 1.82) is 0 Å². The summed E-state index contributed by atoms with van der Waals surface area (Å²) in [6, 6.07) is 6.72. The number of rotatable bonds is 7. The standard InChI is InChI=1S/C19H20ClNO5/c1-10-17(12(3)22)11(2)21-18(10)19(24)13(4)26-16(23)9-25-15-8-6-5-7-14(15)20/h5-8,13,21H,9H2,1-4H3/t13-/m1/s1. The number of hydrogen-bond acceptors (Lipinski definition) is 5. The Labute approximate surface area is 156 Å². The summed E-state index contributed by atoms with van der Waals surface area (Å²) in [5.74, 6) is -0.886. The fourth-order valence-electron chi connectivity index (χ4n) is 2.71. The lowest BCUT2D eigenvalue weighted by molar-refractivity contribution is -0.148. The zero-order chi connectivity index (χ0) is 19.4. The van der Waals surface area contributed by atoms with Gasteiger partial charge in [0, 0.05) is 11.3 Å². The van der Waals surface area contributed by atoms with E-state index in [9.17, 15) is 14.4 Å². The van der Waals surface area contributed by atoms with E-state index in [0.29, 0.717) is 27.6 Å². The third-order valence-corrected chi connectivity index (χ3v) is 4.21. The number of carbonyl (C=O) groups is 3. The third-order valence-electron chi connectivity index (χ3n) is 3.90. The Kier molecular flexibility index (Phi) is 6.21. The minimum absolute atomic E-state index is 0.131. The molecular formula is C19H20ClNO5. The zero-order valence-electron chi connectivity index (χ0n) is 15.0. The summed E-state index contributed by atoms with van der Waals surface area (Å²) >= 11 is 5.94. The minimum Gasteiger partial charge on any atom is -0.480 e. The highest BCUT2D eigenvalue weighted by Gasteiger charge is 2.26. The number of ketones is 2. The molecule has 0 aliphatic carbocycles. The van der Waals surface area contributed by atoms with Crippen LogP contribution in [0.1, 0.15) is 46.0 Å². The molecule has 1 N–H and O–H groups in total. The van der Waals surface area contributed by atoms with Crippen LogP contribution in [0.5, 0.6) is 5.75 Å². The number of Topliss-reactive ketones (excluding diaryl/α,β-unsaturated/α-hetero) is 2. The molecule has 0 bridgehead atoms. The van der Waals surface area contributed by atoms with Gasteiger partial charge in [0.05, 0.1) is 10.7 Å². The molecular weight excluding hydrogens is 358 g/mol. The van der Waals surface area contributed by atoms with Gasteiger partial charge in [-0.25, -0.2) is 4.79 Å². The molecule has 0 aliphatic heterocycles. The number of ether oxygens (including phenoxy) is 2. The topological polar surface area (TPSA) is 85.5 Å². The summed E-state index contributed by atoms with van der Waals surface area (Å²) in [5.41, 5.74) is 1.91. The first kappa shape index (κ1) is 19.7. The predicted molar refractivity (Wildman–Crippen MR) is 97.1 cm³/mol. The molecule has 0 spiro atoms. The first-order chi connectivity index (χ1) is 12.2. The minimum atomic E-state index is -1.02. The van der Waals surface area contributed by atoms with E-state index >= 15 is 0 Å². The molecule has 1 aromatic heterocycles. The smallest absolute Gasteiger partial charge is 0.344 e. The molecule has 0 saturated heterocycles. The van der Waals surface area contributed by atoms with E-state index in [1.807, 2.05) is 0 Å². The van der Waals surface area contributed by atoms with Crippen LogP contribution in [-0.4, -0.2) is 35.2 Å². The quantitative estimate of drug-likeness (QED) is 0.587. The van der Waals surface area contributed by atoms with E-state index in [1.165, 1.54) is 13.8 Å². The van der Waals surface area contributed by atoms with E-state index in [0.717, 1.165) is 0 Å². The Balaban J connectivity index is 2.01. The van der Waals surface area contributed by atoms with E-state index in [4.69, 9.17) is 21.1 Å². The SMILES string of the molecule is CC(=O)c1c(C)[nH]c(C(=O)[C@@H](C)OC(=O)COc2ccccc2Cl)c1C. The van der Waals surface area contributed by atoms with Gasteiger partial charge in [-0.05, 0) is 45.4 Å². The average Bonchev–Trinajstić information content (AvgIpc) is 2.87. The molecule has 0 fully saturated rings. The average molecular weight is 378 g/mol. The highest BCUT2D eigenvalue weighted by Crippen LogP contribution is 2.23. The number of aromatic amines is 1. The molecule has 0 unspecified atom stereocenters. The van der Waals surface area contributed by atoms with Crippen LogP contribution in [0.2, 0.25) is 5.02 Å². The molecule has 0 radical (unpaired) electrons. The van der Waals surface area contributed by atoms with Crippen LogP contribution in [0, 0.1) is 13.8 Å². The van der Waals surface area contributed by atoms with E-state index in [-0.39, 0.29) is 18.1 Å². The fraction of sp³-hybridized carbons (Fsp3) is 0.316. The number of benzene rings is 1. The van der Waals surface area contributed by atoms with Crippen molar-refractivity contribution in [3.05, 3.63) is 51.8 Å². The van der Waals surface area contributed by atoms with Crippen molar-refractivity contribution in [2.75, 3.05) is 6.61 Å². The predicted octanol–water partition coefficient (Wildman–Crippen LogP) is 3.68. The number of aryl methyl sites for hydroxylation is 1. The summed E-state index contributed by atoms with van der Waals surface area (Å²) in [6.45, 7) is 5.94. The number of esters is 1. The lowest BCUT2D eigenvalue weighted by Gasteiger charge is -2.13. The molecule has 0 amide bonds. The Hall–Kier alpha value is -2.60. The van der Waals surface area contributed by atoms with Gasteiger partial charge in [-0.2, -0.15) is 0 Å². The number of halogens is 1. The Morgan fingerprint density at radius 2 is 1.85 bits per heavy atom. The van der Waals surface area contributed by atoms with Crippen molar-refractivity contribution in [3.8, 4) is 5.75 Å². The Morgan fingerprint density at radius 3 is 2.42 bits per heavy atom. The first-order valence-corrected chi connectivity index (χ1v) is 8.41. The second-order valence-electron chi connectivity index (χ2n) is 5.90. The molecule has 0 saturated carbocycles. The Bertz CT molecular complexity index is 856. The van der Waals surface area contributed by atoms with Gasteiger partial charge in [0.1, 0.15) is 5.75 Å². The summed E-state index contributed by atoms with van der Waals surface area (Å²) in [7, 11) is 0. The fourth-order valence-corrected chi connectivity index (χ4v) is 2.90. The Morgan fingerprint density at radius 1 is 1.19 bits per heavy atom. The van der Waals surface area contributed by atoms with Crippen molar-refractivity contribution in [1.82, 2.24) is 4.98 Å². The van der Waals surface area contributed by atoms with Crippen LogP contribution in [0.15, 0.2) is 24.3 Å². The van der Waals surface area contributed by atoms with Crippen LogP contribution in [0.25, 0.3) is 0 Å². The second kappa shape index (κ2) is 8.19. The van der Waals surface area contributed by atoms with Crippen molar-refractivity contribution in [2.24, 2.45) is 0 Å². The molecule has 1 aromatic carbocycles. The maximum absolute atomic E-state index is 12.5. The molecule has 0 aliphatic rings. The van der Waals surface area contributed by atoms with Gasteiger partial charge in [-0.15, -0.1) is 0 Å². The van der Waals surface area contributed by atoms with Gasteiger partial charge in [0.15, 0.2) is 18.5 Å². The van der Waals surface area contributed by atoms with Crippen molar-refractivity contribution >= 4 is 29.1 Å². The van der Waals surface area contributed by atoms with E-state index < -0.39 is 17.9 Å². The van der Waals surface area contributed by atoms with Crippen LogP contribution in [0.3, 0.4) is 0 Å². The highest BCUT2D eigenvalue weighted by atomic mass is 35.5. The molecule has 138 valence electrons. The van der Waals surface area contributed by atoms with Crippen LogP contribution >= 0.6 is 11.6 Å². The molecule has 7 heteroatoms. The summed E-state index contributed by atoms with van der Waals surface area (Å²) in [6.07, 6.45) is -1.02. The summed E-state index contributed by atoms with van der Waals surface area (Å²) in [5, 5.41) is 0.374. The van der Waals surface area contributed by atoms with Gasteiger partial charge in [-0.3, -0.25) is 9.59 Å². The molecule has 1 atom stereocenters. The molecule has 2 aromatic rings. The van der Waals surface area contributed by atoms with Crippen molar-refractivity contribution in [2.45, 2.75) is 33.8 Å². The largest absolute Gasteiger partial charge is 0.480 e. The molecule has 26 heavy (non-hydrogen) atoms. The summed E-state index contributed by atoms with van der Waals surface area (Å²) < 4.78 is 10.4. The number of aromatic nitrogens is 1. The lowest BCUT2D eigenvalue weighted by atomic mass is 10.0. The first-order valence-electron chi connectivity index (χ1n) is 8.03. The number of para-hydroxylation sites is 1. The van der Waals surface area contributed by atoms with E-state index in [1.54, 1.807) is 38.1 Å². The second-order valence-corrected chi connectivity index (χ2v) is 6.30. The number of nitrogens with one attached hydrogen (secondary N) is 1. The molecule has 6 nitrogen and oxygen atoms in total. The van der Waals surface area contributed by atoms with Gasteiger partial charge in [0.25, 0.3) is 0 Å². The van der Waals surface area contributed by atoms with Crippen molar-refractivity contribution in [3.63, 3.8) is 0 Å². The van der Waals surface area contributed by atoms with Crippen LogP contribution < -0.4 is 4.74 Å². The normalized spacial score (nSPS) is 11.7. The zero-order valence-corrected chi connectivity index (χ0v) is 15.8. The highest BCUT2D eigenvalue weighted by molar-refractivity contribution is 6.32. The van der Waals surface area contributed by atoms with Gasteiger partial charge < -0.3 is 14.5 Å². The maximum atomic E-state index is 12.5. The molecule has 1 heterocycles. The third kappa shape index (κ3) is 4.32. The summed E-state index contributed by atoms with van der Waals surface area (Å²) in [4.78, 5) is 39.0. The van der Waals surface area contributed by atoms with E-state index in [2.05, 4.69) is 4.98 Å². The number of carbonyl (C=O) groups excluding carboxylic acids is 3.